The second kappa shape index (κ2) is 13.9. The monoisotopic (exact) mass is 692 g/mol. The summed E-state index contributed by atoms with van der Waals surface area (Å²) >= 11 is 2.42. The number of nitrogen functional groups attached to an aromatic ring is 1. The van der Waals surface area contributed by atoms with E-state index < -0.39 is 25.0 Å². The van der Waals surface area contributed by atoms with Gasteiger partial charge in [-0.2, -0.15) is 0 Å². The van der Waals surface area contributed by atoms with Crippen LogP contribution in [0.15, 0.2) is 130 Å². The maximum Gasteiger partial charge on any atom is 0.269 e. The van der Waals surface area contributed by atoms with Gasteiger partial charge in [0.05, 0.1) is 14.7 Å². The molecule has 0 fully saturated rings. The van der Waals surface area contributed by atoms with E-state index in [4.69, 9.17) is 5.73 Å². The van der Waals surface area contributed by atoms with Gasteiger partial charge in [-0.3, -0.25) is 19.6 Å². The molecule has 234 valence electrons. The summed E-state index contributed by atoms with van der Waals surface area (Å²) < 4.78 is 53.8. The largest absolute Gasteiger partial charge is 0.399 e. The van der Waals surface area contributed by atoms with Crippen molar-refractivity contribution in [2.75, 3.05) is 15.2 Å². The van der Waals surface area contributed by atoms with Crippen LogP contribution in [-0.2, 0) is 20.0 Å². The molecule has 0 aliphatic heterocycles. The molecule has 0 unspecified atom stereocenters. The molecule has 0 saturated heterocycles. The van der Waals surface area contributed by atoms with E-state index in [1.807, 2.05) is 24.3 Å². The molecule has 0 radical (unpaired) electrons. The van der Waals surface area contributed by atoms with Gasteiger partial charge in [-0.1, -0.05) is 36.4 Å². The molecule has 6 rings (SSSR count). The summed E-state index contributed by atoms with van der Waals surface area (Å²) in [5.74, 6) is 0. The SMILES string of the molecule is Nc1ccc(-c2ccc(S(=O)(=O)Nc3nccs3)cc2)cc1.O=[N+]([O-])c1ccc(-c2ccc(S(=O)(=O)Nc3nccs3)cc2)cc1. The van der Waals surface area contributed by atoms with Gasteiger partial charge in [-0.25, -0.2) is 26.8 Å². The van der Waals surface area contributed by atoms with Crippen molar-refractivity contribution in [2.45, 2.75) is 9.79 Å². The number of sulfonamides is 2. The number of nitro groups is 1. The molecule has 0 aliphatic rings. The molecule has 0 aliphatic carbocycles. The van der Waals surface area contributed by atoms with Crippen molar-refractivity contribution in [3.05, 3.63) is 130 Å². The number of rotatable bonds is 9. The van der Waals surface area contributed by atoms with Crippen LogP contribution in [0, 0.1) is 10.1 Å². The van der Waals surface area contributed by atoms with Crippen molar-refractivity contribution < 1.29 is 21.8 Å². The molecule has 0 atom stereocenters. The van der Waals surface area contributed by atoms with Crippen molar-refractivity contribution >= 4 is 64.4 Å². The van der Waals surface area contributed by atoms with E-state index in [1.54, 1.807) is 65.5 Å². The highest BCUT2D eigenvalue weighted by molar-refractivity contribution is 7.93. The first-order valence-electron chi connectivity index (χ1n) is 13.2. The van der Waals surface area contributed by atoms with Gasteiger partial charge in [0.1, 0.15) is 0 Å². The molecule has 12 nitrogen and oxygen atoms in total. The molecule has 0 saturated carbocycles. The van der Waals surface area contributed by atoms with Crippen LogP contribution in [0.4, 0.5) is 21.6 Å². The summed E-state index contributed by atoms with van der Waals surface area (Å²) in [4.78, 5) is 18.3. The summed E-state index contributed by atoms with van der Waals surface area (Å²) in [5, 5.41) is 14.7. The number of nitrogens with one attached hydrogen (secondary N) is 2. The van der Waals surface area contributed by atoms with Gasteiger partial charge >= 0.3 is 0 Å². The lowest BCUT2D eigenvalue weighted by Crippen LogP contribution is -2.12. The lowest BCUT2D eigenvalue weighted by Gasteiger charge is -2.07. The fourth-order valence-electron chi connectivity index (χ4n) is 4.00. The second-order valence-electron chi connectivity index (χ2n) is 9.36. The number of aromatic nitrogens is 2. The van der Waals surface area contributed by atoms with Crippen LogP contribution < -0.4 is 15.2 Å². The second-order valence-corrected chi connectivity index (χ2v) is 14.5. The van der Waals surface area contributed by atoms with Crippen LogP contribution in [0.25, 0.3) is 22.3 Å². The minimum atomic E-state index is -3.69. The standard InChI is InChI=1S/C15H11N3O4S2.C15H13N3O2S2/c19-18(20)13-5-1-11(2-6-13)12-3-7-14(8-4-12)24(21,22)17-15-16-9-10-23-15;16-13-5-1-11(2-6-13)12-3-7-14(8-4-12)22(19,20)18-15-17-9-10-21-15/h1-10H,(H,16,17);1-10H,16H2,(H,17,18). The lowest BCUT2D eigenvalue weighted by atomic mass is 10.1. The Kier molecular flexibility index (Phi) is 9.72. The quantitative estimate of drug-likeness (QED) is 0.0840. The number of thiazole rings is 2. The van der Waals surface area contributed by atoms with Crippen molar-refractivity contribution in [1.82, 2.24) is 9.97 Å². The summed E-state index contributed by atoms with van der Waals surface area (Å²) in [5.41, 5.74) is 9.78. The summed E-state index contributed by atoms with van der Waals surface area (Å²) in [6.45, 7) is 0. The zero-order valence-corrected chi connectivity index (χ0v) is 26.8. The van der Waals surface area contributed by atoms with Crippen molar-refractivity contribution in [2.24, 2.45) is 0 Å². The minimum Gasteiger partial charge on any atom is -0.399 e. The Labute approximate surface area is 272 Å². The van der Waals surface area contributed by atoms with Gasteiger partial charge in [0, 0.05) is 41.0 Å². The Morgan fingerprint density at radius 1 is 0.587 bits per heavy atom. The zero-order chi connectivity index (χ0) is 32.7. The molecule has 6 aromatic rings. The number of anilines is 3. The lowest BCUT2D eigenvalue weighted by molar-refractivity contribution is -0.384. The van der Waals surface area contributed by atoms with Gasteiger partial charge < -0.3 is 5.73 Å². The van der Waals surface area contributed by atoms with Crippen LogP contribution in [0.5, 0.6) is 0 Å². The van der Waals surface area contributed by atoms with Crippen LogP contribution in [0.2, 0.25) is 0 Å². The van der Waals surface area contributed by atoms with Gasteiger partial charge in [-0.15, -0.1) is 22.7 Å². The predicted molar refractivity (Wildman–Crippen MR) is 181 cm³/mol. The molecule has 4 aromatic carbocycles. The first-order valence-corrected chi connectivity index (χ1v) is 17.9. The number of nitrogens with zero attached hydrogens (tertiary/aromatic N) is 3. The highest BCUT2D eigenvalue weighted by Gasteiger charge is 2.17. The molecular weight excluding hydrogens is 669 g/mol. The molecule has 0 bridgehead atoms. The topological polar surface area (TPSA) is 187 Å². The zero-order valence-electron chi connectivity index (χ0n) is 23.5. The Morgan fingerprint density at radius 2 is 0.935 bits per heavy atom. The third-order valence-corrected chi connectivity index (χ3v) is 10.6. The number of hydrogen-bond donors (Lipinski definition) is 3. The van der Waals surface area contributed by atoms with E-state index in [2.05, 4.69) is 19.4 Å². The predicted octanol–water partition coefficient (Wildman–Crippen LogP) is 6.71. The Bertz CT molecular complexity index is 2120. The fraction of sp³-hybridized carbons (Fsp3) is 0. The molecular formula is C30H24N6O6S4. The molecule has 4 N–H and O–H groups in total. The fourth-order valence-corrected chi connectivity index (χ4v) is 7.58. The Balaban J connectivity index is 0.000000182. The normalized spacial score (nSPS) is 11.2. The summed E-state index contributed by atoms with van der Waals surface area (Å²) in [6, 6.07) is 26.4. The van der Waals surface area contributed by atoms with Gasteiger partial charge in [-0.05, 0) is 70.8 Å². The Morgan fingerprint density at radius 3 is 1.26 bits per heavy atom. The maximum atomic E-state index is 12.2. The highest BCUT2D eigenvalue weighted by Crippen LogP contribution is 2.26. The van der Waals surface area contributed by atoms with E-state index in [9.17, 15) is 26.9 Å². The third kappa shape index (κ3) is 8.10. The highest BCUT2D eigenvalue weighted by atomic mass is 32.2. The first-order chi connectivity index (χ1) is 22.0. The van der Waals surface area contributed by atoms with E-state index in [1.165, 1.54) is 53.1 Å². The molecule has 2 heterocycles. The molecule has 16 heteroatoms. The third-order valence-electron chi connectivity index (χ3n) is 6.29. The van der Waals surface area contributed by atoms with E-state index in [0.717, 1.165) is 22.3 Å². The van der Waals surface area contributed by atoms with Gasteiger partial charge in [0.25, 0.3) is 25.7 Å². The minimum absolute atomic E-state index is 0.00518. The van der Waals surface area contributed by atoms with Crippen LogP contribution in [-0.4, -0.2) is 31.7 Å². The average molecular weight is 693 g/mol. The van der Waals surface area contributed by atoms with Crippen molar-refractivity contribution in [1.29, 1.82) is 0 Å². The van der Waals surface area contributed by atoms with Crippen LogP contribution >= 0.6 is 22.7 Å². The first kappa shape index (κ1) is 32.2. The Hall–Kier alpha value is -5.16. The van der Waals surface area contributed by atoms with Gasteiger partial charge in [0.2, 0.25) is 0 Å². The number of nitro benzene ring substituents is 1. The van der Waals surface area contributed by atoms with Crippen LogP contribution in [0.3, 0.4) is 0 Å². The smallest absolute Gasteiger partial charge is 0.269 e. The molecule has 46 heavy (non-hydrogen) atoms. The molecule has 0 amide bonds. The number of benzene rings is 4. The average Bonchev–Trinajstić information content (AvgIpc) is 3.76. The van der Waals surface area contributed by atoms with E-state index in [-0.39, 0.29) is 15.5 Å². The summed E-state index contributed by atoms with van der Waals surface area (Å²) in [6.07, 6.45) is 3.06. The number of nitrogens with two attached hydrogens (primary N) is 1. The maximum absolute atomic E-state index is 12.2. The van der Waals surface area contributed by atoms with Crippen molar-refractivity contribution in [3.8, 4) is 22.3 Å². The van der Waals surface area contributed by atoms with Gasteiger partial charge in [0.15, 0.2) is 10.3 Å². The van der Waals surface area contributed by atoms with Crippen molar-refractivity contribution in [3.63, 3.8) is 0 Å². The number of non-ortho nitro benzene ring substituents is 1. The summed E-state index contributed by atoms with van der Waals surface area (Å²) in [7, 11) is -7.30. The number of hydrogen-bond acceptors (Lipinski definition) is 11. The van der Waals surface area contributed by atoms with E-state index >= 15 is 0 Å². The van der Waals surface area contributed by atoms with Crippen LogP contribution in [0.1, 0.15) is 0 Å². The molecule has 0 spiro atoms. The van der Waals surface area contributed by atoms with E-state index in [0.29, 0.717) is 16.0 Å². The molecule has 2 aromatic heterocycles.